The molecule has 0 aliphatic heterocycles. The quantitative estimate of drug-likeness (QED) is 0.805. The molecular formula is C17H16FN3O. The zero-order chi connectivity index (χ0) is 15.7. The van der Waals surface area contributed by atoms with Gasteiger partial charge in [-0.3, -0.25) is 4.79 Å². The van der Waals surface area contributed by atoms with Crippen LogP contribution in [0.4, 0.5) is 10.1 Å². The van der Waals surface area contributed by atoms with Gasteiger partial charge in [0.1, 0.15) is 18.2 Å². The largest absolute Gasteiger partial charge is 0.324 e. The molecule has 0 unspecified atom stereocenters. The predicted molar refractivity (Wildman–Crippen MR) is 84.2 cm³/mol. The van der Waals surface area contributed by atoms with Crippen molar-refractivity contribution in [1.29, 1.82) is 0 Å². The average molecular weight is 297 g/mol. The number of halogens is 1. The first-order chi connectivity index (χ1) is 10.5. The number of rotatable bonds is 3. The van der Waals surface area contributed by atoms with Crippen LogP contribution in [0.5, 0.6) is 0 Å². The lowest BCUT2D eigenvalue weighted by Gasteiger charge is -2.10. The molecule has 3 aromatic rings. The molecule has 1 heterocycles. The first-order valence-corrected chi connectivity index (χ1v) is 7.02. The molecule has 112 valence electrons. The summed E-state index contributed by atoms with van der Waals surface area (Å²) < 4.78 is 15.1. The molecule has 1 aromatic heterocycles. The second kappa shape index (κ2) is 5.60. The molecule has 2 aromatic carbocycles. The highest BCUT2D eigenvalue weighted by molar-refractivity contribution is 5.92. The molecule has 0 aliphatic carbocycles. The fourth-order valence-electron chi connectivity index (χ4n) is 2.46. The van der Waals surface area contributed by atoms with E-state index in [4.69, 9.17) is 0 Å². The van der Waals surface area contributed by atoms with E-state index < -0.39 is 0 Å². The van der Waals surface area contributed by atoms with Gasteiger partial charge in [-0.2, -0.15) is 0 Å². The van der Waals surface area contributed by atoms with E-state index >= 15 is 0 Å². The van der Waals surface area contributed by atoms with Gasteiger partial charge in [-0.1, -0.05) is 18.2 Å². The molecule has 0 saturated carbocycles. The Balaban J connectivity index is 1.84. The van der Waals surface area contributed by atoms with Crippen molar-refractivity contribution in [1.82, 2.24) is 9.55 Å². The van der Waals surface area contributed by atoms with Crippen molar-refractivity contribution >= 4 is 22.6 Å². The van der Waals surface area contributed by atoms with Crippen molar-refractivity contribution in [2.24, 2.45) is 0 Å². The number of aromatic nitrogens is 2. The van der Waals surface area contributed by atoms with Crippen molar-refractivity contribution < 1.29 is 9.18 Å². The van der Waals surface area contributed by atoms with Crippen molar-refractivity contribution in [3.8, 4) is 0 Å². The van der Waals surface area contributed by atoms with Crippen LogP contribution in [-0.4, -0.2) is 15.5 Å². The summed E-state index contributed by atoms with van der Waals surface area (Å²) in [5.41, 5.74) is 3.08. The van der Waals surface area contributed by atoms with Crippen molar-refractivity contribution in [3.63, 3.8) is 0 Å². The number of imidazole rings is 1. The van der Waals surface area contributed by atoms with Crippen LogP contribution >= 0.6 is 0 Å². The zero-order valence-electron chi connectivity index (χ0n) is 12.4. The van der Waals surface area contributed by atoms with Gasteiger partial charge in [0.15, 0.2) is 0 Å². The topological polar surface area (TPSA) is 46.9 Å². The number of carbonyl (C=O) groups excluding carboxylic acids is 1. The summed E-state index contributed by atoms with van der Waals surface area (Å²) in [6.07, 6.45) is 0. The zero-order valence-corrected chi connectivity index (χ0v) is 12.4. The third-order valence-electron chi connectivity index (χ3n) is 3.62. The number of anilines is 1. The van der Waals surface area contributed by atoms with E-state index in [0.29, 0.717) is 5.69 Å². The van der Waals surface area contributed by atoms with Crippen molar-refractivity contribution in [2.75, 3.05) is 5.32 Å². The Bertz CT molecular complexity index is 854. The van der Waals surface area contributed by atoms with Gasteiger partial charge in [0.05, 0.1) is 11.0 Å². The maximum atomic E-state index is 13.3. The van der Waals surface area contributed by atoms with Crippen molar-refractivity contribution in [3.05, 3.63) is 59.7 Å². The maximum absolute atomic E-state index is 13.3. The monoisotopic (exact) mass is 297 g/mol. The van der Waals surface area contributed by atoms with Gasteiger partial charge in [-0.25, -0.2) is 9.37 Å². The second-order valence-corrected chi connectivity index (χ2v) is 5.24. The van der Waals surface area contributed by atoms with E-state index in [0.717, 1.165) is 22.4 Å². The molecule has 5 heteroatoms. The summed E-state index contributed by atoms with van der Waals surface area (Å²) in [7, 11) is 0. The summed E-state index contributed by atoms with van der Waals surface area (Å²) in [6, 6.07) is 12.0. The number of fused-ring (bicyclic) bond motifs is 1. The van der Waals surface area contributed by atoms with Gasteiger partial charge in [0, 0.05) is 5.69 Å². The molecule has 1 amide bonds. The van der Waals surface area contributed by atoms with E-state index in [2.05, 4.69) is 10.3 Å². The van der Waals surface area contributed by atoms with Crippen LogP contribution in [-0.2, 0) is 11.3 Å². The van der Waals surface area contributed by atoms with Gasteiger partial charge in [0.2, 0.25) is 5.91 Å². The molecule has 0 aliphatic rings. The summed E-state index contributed by atoms with van der Waals surface area (Å²) in [6.45, 7) is 3.83. The molecular weight excluding hydrogens is 281 g/mol. The van der Waals surface area contributed by atoms with E-state index in [9.17, 15) is 9.18 Å². The lowest BCUT2D eigenvalue weighted by Crippen LogP contribution is -2.20. The van der Waals surface area contributed by atoms with Crippen LogP contribution in [0, 0.1) is 19.7 Å². The fraction of sp³-hybridized carbons (Fsp3) is 0.176. The Hall–Kier alpha value is -2.69. The smallest absolute Gasteiger partial charge is 0.244 e. The van der Waals surface area contributed by atoms with E-state index in [1.165, 1.54) is 12.1 Å². The summed E-state index contributed by atoms with van der Waals surface area (Å²) in [4.78, 5) is 16.7. The standard InChI is InChI=1S/C17H16FN3O/c1-11-7-8-13(18)9-15(11)20-17(22)10-21-12(2)19-14-5-3-4-6-16(14)21/h3-9H,10H2,1-2H3,(H,20,22). The van der Waals surface area contributed by atoms with Gasteiger partial charge in [0.25, 0.3) is 0 Å². The minimum absolute atomic E-state index is 0.141. The highest BCUT2D eigenvalue weighted by Gasteiger charge is 2.12. The average Bonchev–Trinajstić information content (AvgIpc) is 2.79. The molecule has 22 heavy (non-hydrogen) atoms. The maximum Gasteiger partial charge on any atom is 0.244 e. The Morgan fingerprint density at radius 2 is 2.00 bits per heavy atom. The third kappa shape index (κ3) is 2.70. The Morgan fingerprint density at radius 3 is 2.82 bits per heavy atom. The predicted octanol–water partition coefficient (Wildman–Crippen LogP) is 3.43. The van der Waals surface area contributed by atoms with Gasteiger partial charge >= 0.3 is 0 Å². The van der Waals surface area contributed by atoms with E-state index in [-0.39, 0.29) is 18.3 Å². The Labute approximate surface area is 127 Å². The first-order valence-electron chi connectivity index (χ1n) is 7.02. The molecule has 3 rings (SSSR count). The number of nitrogens with one attached hydrogen (secondary N) is 1. The third-order valence-corrected chi connectivity index (χ3v) is 3.62. The van der Waals surface area contributed by atoms with Crippen LogP contribution in [0.3, 0.4) is 0 Å². The number of hydrogen-bond donors (Lipinski definition) is 1. The van der Waals surface area contributed by atoms with Gasteiger partial charge in [-0.15, -0.1) is 0 Å². The molecule has 0 saturated heterocycles. The normalized spacial score (nSPS) is 10.9. The first kappa shape index (κ1) is 14.3. The molecule has 1 N–H and O–H groups in total. The molecule has 0 fully saturated rings. The van der Waals surface area contributed by atoms with Crippen LogP contribution in [0.1, 0.15) is 11.4 Å². The number of hydrogen-bond acceptors (Lipinski definition) is 2. The van der Waals surface area contributed by atoms with Crippen LogP contribution in [0.2, 0.25) is 0 Å². The van der Waals surface area contributed by atoms with E-state index in [1.807, 2.05) is 42.7 Å². The van der Waals surface area contributed by atoms with Crippen LogP contribution in [0.25, 0.3) is 11.0 Å². The summed E-state index contributed by atoms with van der Waals surface area (Å²) in [5, 5.41) is 2.75. The molecule has 0 spiro atoms. The number of aryl methyl sites for hydroxylation is 2. The van der Waals surface area contributed by atoms with Crippen LogP contribution in [0.15, 0.2) is 42.5 Å². The summed E-state index contributed by atoms with van der Waals surface area (Å²) >= 11 is 0. The molecule has 4 nitrogen and oxygen atoms in total. The molecule has 0 bridgehead atoms. The lowest BCUT2D eigenvalue weighted by atomic mass is 10.2. The minimum Gasteiger partial charge on any atom is -0.324 e. The minimum atomic E-state index is -0.370. The second-order valence-electron chi connectivity index (χ2n) is 5.24. The van der Waals surface area contributed by atoms with Crippen molar-refractivity contribution in [2.45, 2.75) is 20.4 Å². The number of amides is 1. The highest BCUT2D eigenvalue weighted by atomic mass is 19.1. The Kier molecular flexibility index (Phi) is 3.63. The van der Waals surface area contributed by atoms with Gasteiger partial charge in [-0.05, 0) is 43.7 Å². The number of carbonyl (C=O) groups is 1. The SMILES string of the molecule is Cc1ccc(F)cc1NC(=O)Cn1c(C)nc2ccccc21. The van der Waals surface area contributed by atoms with Gasteiger partial charge < -0.3 is 9.88 Å². The molecule has 0 atom stereocenters. The number of para-hydroxylation sites is 2. The summed E-state index contributed by atoms with van der Waals surface area (Å²) in [5.74, 6) is 0.192. The lowest BCUT2D eigenvalue weighted by molar-refractivity contribution is -0.116. The van der Waals surface area contributed by atoms with Crippen LogP contribution < -0.4 is 5.32 Å². The fourth-order valence-corrected chi connectivity index (χ4v) is 2.46. The number of nitrogens with zero attached hydrogens (tertiary/aromatic N) is 2. The van der Waals surface area contributed by atoms with E-state index in [1.54, 1.807) is 6.07 Å². The molecule has 0 radical (unpaired) electrons. The highest BCUT2D eigenvalue weighted by Crippen LogP contribution is 2.18. The Morgan fingerprint density at radius 1 is 1.23 bits per heavy atom. The number of benzene rings is 2.